The van der Waals surface area contributed by atoms with Gasteiger partial charge in [-0.2, -0.15) is 0 Å². The molecule has 354 valence electrons. The summed E-state index contributed by atoms with van der Waals surface area (Å²) in [5.74, 6) is -0.906. The third-order valence-electron chi connectivity index (χ3n) is 11.3. The Hall–Kier alpha value is -2.63. The summed E-state index contributed by atoms with van der Waals surface area (Å²) in [6.45, 7) is 6.55. The van der Waals surface area contributed by atoms with E-state index in [0.29, 0.717) is 19.3 Å². The van der Waals surface area contributed by atoms with Crippen molar-refractivity contribution in [1.82, 2.24) is 0 Å². The molecule has 1 unspecified atom stereocenters. The summed E-state index contributed by atoms with van der Waals surface area (Å²) in [5, 5.41) is 0. The molecule has 0 spiro atoms. The highest BCUT2D eigenvalue weighted by Crippen LogP contribution is 2.14. The normalized spacial score (nSPS) is 12.4. The predicted molar refractivity (Wildman–Crippen MR) is 261 cm³/mol. The number of rotatable bonds is 47. The van der Waals surface area contributed by atoms with Crippen LogP contribution in [0.2, 0.25) is 0 Å². The third-order valence-corrected chi connectivity index (χ3v) is 11.3. The summed E-state index contributed by atoms with van der Waals surface area (Å²) < 4.78 is 16.8. The molecule has 0 fully saturated rings. The van der Waals surface area contributed by atoms with Crippen LogP contribution in [0.15, 0.2) is 48.6 Å². The van der Waals surface area contributed by atoms with E-state index in [0.717, 1.165) is 89.9 Å². The summed E-state index contributed by atoms with van der Waals surface area (Å²) in [7, 11) is 0. The van der Waals surface area contributed by atoms with Gasteiger partial charge in [-0.3, -0.25) is 14.4 Å². The minimum Gasteiger partial charge on any atom is -0.462 e. The maximum absolute atomic E-state index is 12.8. The molecule has 0 aliphatic rings. The topological polar surface area (TPSA) is 78.9 Å². The van der Waals surface area contributed by atoms with E-state index >= 15 is 0 Å². The molecule has 0 saturated carbocycles. The Labute approximate surface area is 378 Å². The zero-order chi connectivity index (χ0) is 44.4. The Morgan fingerprint density at radius 3 is 0.967 bits per heavy atom. The molecule has 0 saturated heterocycles. The van der Waals surface area contributed by atoms with Crippen molar-refractivity contribution < 1.29 is 28.6 Å². The van der Waals surface area contributed by atoms with Crippen LogP contribution in [0.1, 0.15) is 265 Å². The van der Waals surface area contributed by atoms with E-state index in [1.165, 1.54) is 135 Å². The van der Waals surface area contributed by atoms with E-state index in [1.54, 1.807) is 0 Å². The first-order chi connectivity index (χ1) is 30.0. The lowest BCUT2D eigenvalue weighted by molar-refractivity contribution is -0.167. The van der Waals surface area contributed by atoms with Crippen LogP contribution in [0.4, 0.5) is 0 Å². The summed E-state index contributed by atoms with van der Waals surface area (Å²) >= 11 is 0. The molecule has 0 aliphatic carbocycles. The van der Waals surface area contributed by atoms with E-state index in [2.05, 4.69) is 69.4 Å². The van der Waals surface area contributed by atoms with Crippen molar-refractivity contribution in [2.24, 2.45) is 0 Å². The molecule has 0 aromatic carbocycles. The number of allylic oxidation sites excluding steroid dienone is 8. The first-order valence-corrected chi connectivity index (χ1v) is 26.1. The van der Waals surface area contributed by atoms with Crippen molar-refractivity contribution in [3.63, 3.8) is 0 Å². The molecule has 6 nitrogen and oxygen atoms in total. The van der Waals surface area contributed by atoms with Crippen LogP contribution in [-0.4, -0.2) is 37.2 Å². The molecule has 0 rings (SSSR count). The molecule has 0 aromatic heterocycles. The van der Waals surface area contributed by atoms with Gasteiger partial charge in [0.2, 0.25) is 0 Å². The summed E-state index contributed by atoms with van der Waals surface area (Å²) in [5.41, 5.74) is 0. The number of ether oxygens (including phenoxy) is 3. The molecule has 0 amide bonds. The number of esters is 3. The summed E-state index contributed by atoms with van der Waals surface area (Å²) in [6.07, 6.45) is 59.5. The van der Waals surface area contributed by atoms with Gasteiger partial charge in [-0.1, -0.05) is 204 Å². The zero-order valence-corrected chi connectivity index (χ0v) is 40.4. The fourth-order valence-electron chi connectivity index (χ4n) is 7.26. The number of carbonyl (C=O) groups is 3. The van der Waals surface area contributed by atoms with Gasteiger partial charge in [-0.25, -0.2) is 0 Å². The minimum absolute atomic E-state index is 0.0830. The monoisotopic (exact) mass is 855 g/mol. The Bertz CT molecular complexity index is 1070. The van der Waals surface area contributed by atoms with Crippen molar-refractivity contribution in [3.8, 4) is 0 Å². The van der Waals surface area contributed by atoms with Crippen molar-refractivity contribution >= 4 is 17.9 Å². The largest absolute Gasteiger partial charge is 0.462 e. The average molecular weight is 855 g/mol. The molecule has 0 aliphatic heterocycles. The number of hydrogen-bond acceptors (Lipinski definition) is 6. The van der Waals surface area contributed by atoms with Gasteiger partial charge >= 0.3 is 17.9 Å². The fraction of sp³-hybridized carbons (Fsp3) is 0.800. The third kappa shape index (κ3) is 48.3. The van der Waals surface area contributed by atoms with Crippen molar-refractivity contribution in [2.75, 3.05) is 13.2 Å². The Balaban J connectivity index is 4.36. The standard InChI is InChI=1S/C55H98O6/c1-4-7-10-13-16-19-22-24-26-27-28-29-31-33-36-39-42-45-48-54(57)60-51-52(50-59-53(56)47-44-41-38-35-32-21-18-15-12-9-6-3)61-55(58)49-46-43-40-37-34-30-25-23-20-17-14-11-8-5-2/h14-15,17-18,23,25-27,52H,4-13,16,19-22,24,28-51H2,1-3H3/b17-14-,18-15-,25-23-,27-26-. The summed E-state index contributed by atoms with van der Waals surface area (Å²) in [6, 6.07) is 0. The number of unbranched alkanes of at least 4 members (excludes halogenated alkanes) is 28. The lowest BCUT2D eigenvalue weighted by Crippen LogP contribution is -2.30. The van der Waals surface area contributed by atoms with Crippen LogP contribution in [0.3, 0.4) is 0 Å². The van der Waals surface area contributed by atoms with Crippen molar-refractivity contribution in [1.29, 1.82) is 0 Å². The Morgan fingerprint density at radius 2 is 0.607 bits per heavy atom. The highest BCUT2D eigenvalue weighted by molar-refractivity contribution is 5.71. The SMILES string of the molecule is CCCC/C=C\C/C=C\CCCCCCCC(=O)OC(COC(=O)CCCCCCC/C=C\CCCC)COC(=O)CCCCCCCCC/C=C\CCCCCCCCC. The van der Waals surface area contributed by atoms with Gasteiger partial charge in [0.25, 0.3) is 0 Å². The van der Waals surface area contributed by atoms with Crippen LogP contribution in [-0.2, 0) is 28.6 Å². The smallest absolute Gasteiger partial charge is 0.306 e. The highest BCUT2D eigenvalue weighted by Gasteiger charge is 2.19. The highest BCUT2D eigenvalue weighted by atomic mass is 16.6. The van der Waals surface area contributed by atoms with E-state index in [4.69, 9.17) is 14.2 Å². The van der Waals surface area contributed by atoms with Crippen molar-refractivity contribution in [2.45, 2.75) is 271 Å². The molecule has 0 aromatic rings. The lowest BCUT2D eigenvalue weighted by atomic mass is 10.1. The van der Waals surface area contributed by atoms with Crippen LogP contribution in [0, 0.1) is 0 Å². The molecule has 1 atom stereocenters. The molecule has 6 heteroatoms. The fourth-order valence-corrected chi connectivity index (χ4v) is 7.26. The Morgan fingerprint density at radius 1 is 0.328 bits per heavy atom. The van der Waals surface area contributed by atoms with E-state index in [-0.39, 0.29) is 31.1 Å². The van der Waals surface area contributed by atoms with Gasteiger partial charge in [0, 0.05) is 19.3 Å². The second-order valence-corrected chi connectivity index (χ2v) is 17.4. The maximum Gasteiger partial charge on any atom is 0.306 e. The lowest BCUT2D eigenvalue weighted by Gasteiger charge is -2.18. The van der Waals surface area contributed by atoms with Gasteiger partial charge in [-0.15, -0.1) is 0 Å². The van der Waals surface area contributed by atoms with Crippen LogP contribution in [0.25, 0.3) is 0 Å². The number of carbonyl (C=O) groups excluding carboxylic acids is 3. The molecular formula is C55H98O6. The van der Waals surface area contributed by atoms with Crippen LogP contribution in [0.5, 0.6) is 0 Å². The van der Waals surface area contributed by atoms with Crippen molar-refractivity contribution in [3.05, 3.63) is 48.6 Å². The predicted octanol–water partition coefficient (Wildman–Crippen LogP) is 17.1. The molecule has 0 N–H and O–H groups in total. The first kappa shape index (κ1) is 58.4. The quantitative estimate of drug-likeness (QED) is 0.0263. The van der Waals surface area contributed by atoms with Gasteiger partial charge in [-0.05, 0) is 89.9 Å². The first-order valence-electron chi connectivity index (χ1n) is 26.1. The molecule has 0 bridgehead atoms. The van der Waals surface area contributed by atoms with E-state index in [1.807, 2.05) is 0 Å². The molecular weight excluding hydrogens is 757 g/mol. The second kappa shape index (κ2) is 50.0. The molecule has 0 radical (unpaired) electrons. The second-order valence-electron chi connectivity index (χ2n) is 17.4. The van der Waals surface area contributed by atoms with Crippen LogP contribution < -0.4 is 0 Å². The number of hydrogen-bond donors (Lipinski definition) is 0. The minimum atomic E-state index is -0.783. The van der Waals surface area contributed by atoms with E-state index in [9.17, 15) is 14.4 Å². The summed E-state index contributed by atoms with van der Waals surface area (Å²) in [4.78, 5) is 37.9. The maximum atomic E-state index is 12.8. The Kier molecular flexibility index (Phi) is 47.9. The zero-order valence-electron chi connectivity index (χ0n) is 40.4. The van der Waals surface area contributed by atoms with Gasteiger partial charge in [0.15, 0.2) is 6.10 Å². The van der Waals surface area contributed by atoms with Gasteiger partial charge in [0.1, 0.15) is 13.2 Å². The molecule has 0 heterocycles. The van der Waals surface area contributed by atoms with Crippen LogP contribution >= 0.6 is 0 Å². The van der Waals surface area contributed by atoms with E-state index < -0.39 is 6.10 Å². The molecule has 61 heavy (non-hydrogen) atoms. The average Bonchev–Trinajstić information content (AvgIpc) is 3.26. The van der Waals surface area contributed by atoms with Gasteiger partial charge in [0.05, 0.1) is 0 Å². The van der Waals surface area contributed by atoms with Gasteiger partial charge < -0.3 is 14.2 Å².